The first kappa shape index (κ1) is 22.4. The molecule has 2 N–H and O–H groups in total. The molecule has 1 amide bonds. The van der Waals surface area contributed by atoms with Crippen LogP contribution in [-0.4, -0.2) is 23.9 Å². The van der Waals surface area contributed by atoms with E-state index in [9.17, 15) is 20.6 Å². The van der Waals surface area contributed by atoms with Crippen LogP contribution in [-0.2, 0) is 0 Å². The van der Waals surface area contributed by atoms with Crippen LogP contribution in [0.2, 0.25) is 10.0 Å². The molecule has 1 aliphatic heterocycles. The van der Waals surface area contributed by atoms with Crippen LogP contribution in [0, 0.1) is 45.3 Å². The maximum Gasteiger partial charge on any atom is 0.254 e. The molecule has 0 saturated heterocycles. The van der Waals surface area contributed by atoms with Gasteiger partial charge in [0, 0.05) is 40.5 Å². The van der Waals surface area contributed by atoms with Gasteiger partial charge in [-0.05, 0) is 41.5 Å². The fourth-order valence-corrected chi connectivity index (χ4v) is 5.12. The lowest BCUT2D eigenvalue weighted by molar-refractivity contribution is 0.0728. The van der Waals surface area contributed by atoms with Gasteiger partial charge in [-0.25, -0.2) is 0 Å². The average Bonchev–Trinajstić information content (AvgIpc) is 2.82. The largest absolute Gasteiger partial charge is 0.399 e. The van der Waals surface area contributed by atoms with Crippen LogP contribution in [0.15, 0.2) is 71.5 Å². The number of fused-ring (bicyclic) bond motifs is 1. The SMILES string of the molecule is N#CC1=C(N)C(C#N)(C#N)C(c2cccc(Cl)c2)C2CN(C(=O)c3cccc(Cl)c3)CC=C12. The molecular formula is C25H17Cl2N5O. The summed E-state index contributed by atoms with van der Waals surface area (Å²) < 4.78 is 0. The van der Waals surface area contributed by atoms with Crippen LogP contribution in [0.3, 0.4) is 0 Å². The van der Waals surface area contributed by atoms with Crippen molar-refractivity contribution in [3.05, 3.63) is 92.6 Å². The third-order valence-corrected chi connectivity index (χ3v) is 6.70. The molecule has 0 radical (unpaired) electrons. The van der Waals surface area contributed by atoms with Crippen molar-refractivity contribution in [2.24, 2.45) is 17.1 Å². The Morgan fingerprint density at radius 2 is 1.73 bits per heavy atom. The number of carbonyl (C=O) groups excluding carboxylic acids is 1. The number of rotatable bonds is 2. The normalized spacial score (nSPS) is 21.2. The third-order valence-electron chi connectivity index (χ3n) is 6.23. The summed E-state index contributed by atoms with van der Waals surface area (Å²) in [5.41, 5.74) is 6.27. The Hall–Kier alpha value is -3.76. The number of benzene rings is 2. The number of allylic oxidation sites excluding steroid dienone is 2. The van der Waals surface area contributed by atoms with Gasteiger partial charge in [0.05, 0.1) is 23.4 Å². The van der Waals surface area contributed by atoms with Crippen LogP contribution >= 0.6 is 23.2 Å². The molecule has 162 valence electrons. The second-order valence-corrected chi connectivity index (χ2v) is 8.82. The molecule has 0 fully saturated rings. The smallest absolute Gasteiger partial charge is 0.254 e. The number of nitrogens with zero attached hydrogens (tertiary/aromatic N) is 4. The topological polar surface area (TPSA) is 118 Å². The van der Waals surface area contributed by atoms with E-state index in [1.54, 1.807) is 59.5 Å². The second-order valence-electron chi connectivity index (χ2n) is 7.95. The van der Waals surface area contributed by atoms with E-state index in [1.807, 2.05) is 0 Å². The van der Waals surface area contributed by atoms with E-state index in [1.165, 1.54) is 0 Å². The highest BCUT2D eigenvalue weighted by molar-refractivity contribution is 6.31. The van der Waals surface area contributed by atoms with Crippen molar-refractivity contribution in [3.63, 3.8) is 0 Å². The molecule has 1 heterocycles. The molecule has 33 heavy (non-hydrogen) atoms. The highest BCUT2D eigenvalue weighted by atomic mass is 35.5. The van der Waals surface area contributed by atoms with Gasteiger partial charge in [-0.1, -0.05) is 47.5 Å². The van der Waals surface area contributed by atoms with Crippen molar-refractivity contribution >= 4 is 29.1 Å². The van der Waals surface area contributed by atoms with E-state index in [2.05, 4.69) is 18.2 Å². The Labute approximate surface area is 201 Å². The van der Waals surface area contributed by atoms with E-state index in [4.69, 9.17) is 28.9 Å². The Kier molecular flexibility index (Phi) is 5.88. The quantitative estimate of drug-likeness (QED) is 0.685. The van der Waals surface area contributed by atoms with E-state index in [0.717, 1.165) is 0 Å². The van der Waals surface area contributed by atoms with Crippen molar-refractivity contribution in [2.75, 3.05) is 13.1 Å². The molecule has 0 bridgehead atoms. The molecule has 4 rings (SSSR count). The maximum atomic E-state index is 13.2. The highest BCUT2D eigenvalue weighted by Gasteiger charge is 2.54. The van der Waals surface area contributed by atoms with Crippen LogP contribution in [0.1, 0.15) is 21.8 Å². The minimum absolute atomic E-state index is 0.0721. The van der Waals surface area contributed by atoms with Gasteiger partial charge in [0.1, 0.15) is 6.07 Å². The molecule has 2 aromatic rings. The van der Waals surface area contributed by atoms with Crippen molar-refractivity contribution < 1.29 is 4.79 Å². The zero-order valence-electron chi connectivity index (χ0n) is 17.3. The van der Waals surface area contributed by atoms with Crippen LogP contribution in [0.25, 0.3) is 0 Å². The predicted octanol–water partition coefficient (Wildman–Crippen LogP) is 4.56. The molecule has 6 nitrogen and oxygen atoms in total. The molecule has 0 saturated carbocycles. The van der Waals surface area contributed by atoms with Crippen LogP contribution in [0.5, 0.6) is 0 Å². The molecule has 2 atom stereocenters. The molecule has 0 aromatic heterocycles. The summed E-state index contributed by atoms with van der Waals surface area (Å²) in [6.45, 7) is 0.446. The van der Waals surface area contributed by atoms with Crippen molar-refractivity contribution in [3.8, 4) is 18.2 Å². The van der Waals surface area contributed by atoms with Crippen molar-refractivity contribution in [1.82, 2.24) is 4.90 Å². The second kappa shape index (κ2) is 8.64. The van der Waals surface area contributed by atoms with Gasteiger partial charge in [0.15, 0.2) is 5.41 Å². The predicted molar refractivity (Wildman–Crippen MR) is 124 cm³/mol. The molecular weight excluding hydrogens is 457 g/mol. The zero-order chi connectivity index (χ0) is 23.8. The Morgan fingerprint density at radius 1 is 1.06 bits per heavy atom. The summed E-state index contributed by atoms with van der Waals surface area (Å²) >= 11 is 12.3. The van der Waals surface area contributed by atoms with Crippen molar-refractivity contribution in [1.29, 1.82) is 15.8 Å². The summed E-state index contributed by atoms with van der Waals surface area (Å²) in [5.74, 6) is -1.48. The van der Waals surface area contributed by atoms with Crippen LogP contribution in [0.4, 0.5) is 0 Å². The van der Waals surface area contributed by atoms with E-state index in [0.29, 0.717) is 26.7 Å². The Balaban J connectivity index is 1.88. The number of hydrogen-bond donors (Lipinski definition) is 1. The van der Waals surface area contributed by atoms with Gasteiger partial charge in [-0.15, -0.1) is 0 Å². The monoisotopic (exact) mass is 473 g/mol. The first-order chi connectivity index (χ1) is 15.9. The van der Waals surface area contributed by atoms with E-state index in [-0.39, 0.29) is 30.3 Å². The lowest BCUT2D eigenvalue weighted by atomic mass is 9.58. The van der Waals surface area contributed by atoms with Gasteiger partial charge in [0.25, 0.3) is 5.91 Å². The molecule has 8 heteroatoms. The molecule has 2 unspecified atom stereocenters. The van der Waals surface area contributed by atoms with Gasteiger partial charge >= 0.3 is 0 Å². The van der Waals surface area contributed by atoms with Gasteiger partial charge in [0.2, 0.25) is 0 Å². The minimum atomic E-state index is -1.79. The lowest BCUT2D eigenvalue weighted by Gasteiger charge is -2.45. The Morgan fingerprint density at radius 3 is 2.33 bits per heavy atom. The van der Waals surface area contributed by atoms with Crippen molar-refractivity contribution in [2.45, 2.75) is 5.92 Å². The number of hydrogen-bond acceptors (Lipinski definition) is 5. The molecule has 2 aliphatic rings. The standard InChI is InChI=1S/C25H17Cl2N5O/c26-17-5-1-3-15(9-17)22-21-12-32(24(33)16-4-2-6-18(27)10-16)8-7-19(21)20(11-28)23(31)25(22,13-29)14-30/h1-7,9-10,21-22H,8,12,31H2. The summed E-state index contributed by atoms with van der Waals surface area (Å²) in [7, 11) is 0. The number of amides is 1. The number of nitrogens with two attached hydrogens (primary N) is 1. The highest BCUT2D eigenvalue weighted by Crippen LogP contribution is 2.54. The summed E-state index contributed by atoms with van der Waals surface area (Å²) in [4.78, 5) is 14.8. The number of carbonyl (C=O) groups is 1. The third kappa shape index (κ3) is 3.62. The van der Waals surface area contributed by atoms with E-state index >= 15 is 0 Å². The summed E-state index contributed by atoms with van der Waals surface area (Å²) in [6, 6.07) is 19.8. The van der Waals surface area contributed by atoms with Gasteiger partial charge in [-0.3, -0.25) is 4.79 Å². The van der Waals surface area contributed by atoms with Crippen LogP contribution < -0.4 is 5.73 Å². The fraction of sp³-hybridized carbons (Fsp3) is 0.200. The Bertz CT molecular complexity index is 1330. The summed E-state index contributed by atoms with van der Waals surface area (Å²) in [6.07, 6.45) is 1.78. The zero-order valence-corrected chi connectivity index (χ0v) is 18.8. The van der Waals surface area contributed by atoms with Gasteiger partial charge < -0.3 is 10.6 Å². The number of nitriles is 3. The maximum absolute atomic E-state index is 13.2. The molecule has 1 aliphatic carbocycles. The lowest BCUT2D eigenvalue weighted by Crippen LogP contribution is -2.49. The molecule has 2 aromatic carbocycles. The van der Waals surface area contributed by atoms with Gasteiger partial charge in [-0.2, -0.15) is 15.8 Å². The summed E-state index contributed by atoms with van der Waals surface area (Å²) in [5, 5.41) is 31.0. The average molecular weight is 474 g/mol. The fourth-order valence-electron chi connectivity index (χ4n) is 4.73. The minimum Gasteiger partial charge on any atom is -0.399 e. The molecule has 0 spiro atoms. The first-order valence-electron chi connectivity index (χ1n) is 10.1. The van der Waals surface area contributed by atoms with E-state index < -0.39 is 17.3 Å². The first-order valence-corrected chi connectivity index (χ1v) is 10.9. The number of halogens is 2.